The van der Waals surface area contributed by atoms with E-state index in [9.17, 15) is 24.3 Å². The first kappa shape index (κ1) is 18.4. The summed E-state index contributed by atoms with van der Waals surface area (Å²) in [6.07, 6.45) is 0.573. The Hall–Kier alpha value is -2.96. The summed E-state index contributed by atoms with van der Waals surface area (Å²) in [4.78, 5) is 50.2. The average molecular weight is 407 g/mol. The number of carboxylic acid groups (broad SMARTS) is 1. The summed E-state index contributed by atoms with van der Waals surface area (Å²) in [5.74, 6) is -2.23. The van der Waals surface area contributed by atoms with Gasteiger partial charge >= 0.3 is 5.97 Å². The van der Waals surface area contributed by atoms with Gasteiger partial charge < -0.3 is 15.7 Å². The zero-order valence-electron chi connectivity index (χ0n) is 14.8. The van der Waals surface area contributed by atoms with Crippen molar-refractivity contribution in [3.05, 3.63) is 11.3 Å². The van der Waals surface area contributed by atoms with Crippen molar-refractivity contribution >= 4 is 35.5 Å². The van der Waals surface area contributed by atoms with Crippen LogP contribution in [-0.4, -0.2) is 83.2 Å². The maximum Gasteiger partial charge on any atom is 0.352 e. The smallest absolute Gasteiger partial charge is 0.352 e. The Morgan fingerprint density at radius 2 is 2.11 bits per heavy atom. The Bertz CT molecular complexity index is 928. The van der Waals surface area contributed by atoms with Crippen LogP contribution in [0.5, 0.6) is 0 Å². The number of likely N-dealkylation sites (tertiary alicyclic amines) is 1. The number of primary amides is 1. The summed E-state index contributed by atoms with van der Waals surface area (Å²) in [5, 5.41) is 21.1. The van der Waals surface area contributed by atoms with E-state index in [2.05, 4.69) is 15.5 Å². The third kappa shape index (κ3) is 2.65. The number of rotatable bonds is 6. The first-order chi connectivity index (χ1) is 13.3. The molecule has 3 aliphatic heterocycles. The second-order valence-corrected chi connectivity index (χ2v) is 7.75. The molecule has 1 aromatic heterocycles. The van der Waals surface area contributed by atoms with E-state index in [1.807, 2.05) is 0 Å². The number of carbonyl (C=O) groups is 4. The number of carbonyl (C=O) groups excluding carboxylic acids is 3. The summed E-state index contributed by atoms with van der Waals surface area (Å²) in [6, 6.07) is -0.943. The number of amides is 3. The molecule has 1 aromatic rings. The number of hydrogen-bond donors (Lipinski definition) is 2. The van der Waals surface area contributed by atoms with Crippen LogP contribution in [0.25, 0.3) is 0 Å². The molecule has 0 saturated carbocycles. The second kappa shape index (κ2) is 6.58. The van der Waals surface area contributed by atoms with Crippen molar-refractivity contribution in [3.63, 3.8) is 0 Å². The molecule has 4 rings (SSSR count). The molecule has 0 bridgehead atoms. The van der Waals surface area contributed by atoms with Crippen LogP contribution in [0.4, 0.5) is 0 Å². The van der Waals surface area contributed by atoms with Crippen molar-refractivity contribution in [1.29, 1.82) is 0 Å². The van der Waals surface area contributed by atoms with E-state index in [1.165, 1.54) is 33.2 Å². The highest BCUT2D eigenvalue weighted by Crippen LogP contribution is 2.49. The summed E-state index contributed by atoms with van der Waals surface area (Å²) < 4.78 is 1.24. The van der Waals surface area contributed by atoms with Crippen molar-refractivity contribution in [2.75, 3.05) is 12.3 Å². The molecule has 0 spiro atoms. The molecule has 28 heavy (non-hydrogen) atoms. The second-order valence-electron chi connectivity index (χ2n) is 6.80. The van der Waals surface area contributed by atoms with Crippen molar-refractivity contribution in [2.24, 2.45) is 11.7 Å². The summed E-state index contributed by atoms with van der Waals surface area (Å²) in [7, 11) is 0. The minimum atomic E-state index is -1.18. The molecule has 13 heteroatoms. The SMILES string of the molecule is CC(=O)N1CCC2C(CSc3nnnn3CC(N)=O)=C(C(=O)O)N3C(=O)[C@@H]1[C@@H]23. The van der Waals surface area contributed by atoms with Crippen LogP contribution in [-0.2, 0) is 25.7 Å². The van der Waals surface area contributed by atoms with Crippen molar-refractivity contribution < 1.29 is 24.3 Å². The zero-order chi connectivity index (χ0) is 20.2. The third-order valence-corrected chi connectivity index (χ3v) is 6.31. The Morgan fingerprint density at radius 1 is 1.36 bits per heavy atom. The van der Waals surface area contributed by atoms with Crippen molar-refractivity contribution in [1.82, 2.24) is 30.0 Å². The van der Waals surface area contributed by atoms with E-state index >= 15 is 0 Å². The van der Waals surface area contributed by atoms with Crippen LogP contribution in [0, 0.1) is 5.92 Å². The average Bonchev–Trinajstić information content (AvgIpc) is 3.18. The Balaban J connectivity index is 1.60. The Labute approximate surface area is 162 Å². The van der Waals surface area contributed by atoms with Crippen LogP contribution in [0.2, 0.25) is 0 Å². The normalized spacial score (nSPS) is 25.6. The molecule has 0 aromatic carbocycles. The topological polar surface area (TPSA) is 165 Å². The molecule has 148 valence electrons. The Kier molecular flexibility index (Phi) is 4.33. The highest BCUT2D eigenvalue weighted by atomic mass is 32.2. The van der Waals surface area contributed by atoms with Crippen molar-refractivity contribution in [3.8, 4) is 0 Å². The fourth-order valence-electron chi connectivity index (χ4n) is 4.23. The standard InChI is InChI=1S/C15H17N7O5S/c1-6(23)20-3-2-7-8(5-28-15-17-18-19-21(15)4-9(16)24)11(14(26)27)22-10(7)12(20)13(22)25/h7,10,12H,2-5H2,1H3,(H2,16,24)(H,26,27)/t7?,10-,12+/m1/s1. The first-order valence-electron chi connectivity index (χ1n) is 8.55. The number of carboxylic acids is 1. The molecule has 3 atom stereocenters. The molecular formula is C15H17N7O5S. The highest BCUT2D eigenvalue weighted by molar-refractivity contribution is 7.99. The maximum absolute atomic E-state index is 12.6. The number of tetrazole rings is 1. The van der Waals surface area contributed by atoms with Gasteiger partial charge in [-0.3, -0.25) is 19.3 Å². The lowest BCUT2D eigenvalue weighted by atomic mass is 9.78. The van der Waals surface area contributed by atoms with Crippen LogP contribution in [0.1, 0.15) is 13.3 Å². The van der Waals surface area contributed by atoms with E-state index < -0.39 is 17.9 Å². The number of nitrogens with two attached hydrogens (primary N) is 1. The molecule has 3 aliphatic rings. The molecule has 3 amide bonds. The van der Waals surface area contributed by atoms with Crippen LogP contribution >= 0.6 is 11.8 Å². The lowest BCUT2D eigenvalue weighted by molar-refractivity contribution is -0.168. The van der Waals surface area contributed by atoms with E-state index in [0.717, 1.165) is 0 Å². The van der Waals surface area contributed by atoms with Gasteiger partial charge in [-0.25, -0.2) is 9.48 Å². The lowest BCUT2D eigenvalue weighted by Crippen LogP contribution is -2.73. The molecule has 3 N–H and O–H groups in total. The molecule has 12 nitrogen and oxygen atoms in total. The van der Waals surface area contributed by atoms with Gasteiger partial charge in [0.05, 0.1) is 6.04 Å². The molecule has 2 fully saturated rings. The summed E-state index contributed by atoms with van der Waals surface area (Å²) in [5.41, 5.74) is 5.76. The molecule has 2 saturated heterocycles. The minimum Gasteiger partial charge on any atom is -0.477 e. The lowest BCUT2D eigenvalue weighted by Gasteiger charge is -2.53. The fraction of sp³-hybridized carbons (Fsp3) is 0.533. The molecular weight excluding hydrogens is 390 g/mol. The van der Waals surface area contributed by atoms with E-state index in [4.69, 9.17) is 5.73 Å². The first-order valence-corrected chi connectivity index (χ1v) is 9.53. The number of piperidine rings is 1. The largest absolute Gasteiger partial charge is 0.477 e. The molecule has 0 aliphatic carbocycles. The zero-order valence-corrected chi connectivity index (χ0v) is 15.6. The fourth-order valence-corrected chi connectivity index (χ4v) is 5.21. The number of hydrogen-bond acceptors (Lipinski definition) is 8. The van der Waals surface area contributed by atoms with Gasteiger partial charge in [0, 0.05) is 25.1 Å². The molecule has 0 radical (unpaired) electrons. The van der Waals surface area contributed by atoms with Crippen LogP contribution in [0.15, 0.2) is 16.4 Å². The van der Waals surface area contributed by atoms with Crippen molar-refractivity contribution in [2.45, 2.75) is 37.1 Å². The predicted molar refractivity (Wildman–Crippen MR) is 92.3 cm³/mol. The van der Waals surface area contributed by atoms with E-state index in [0.29, 0.717) is 23.7 Å². The monoisotopic (exact) mass is 407 g/mol. The minimum absolute atomic E-state index is 0.0249. The van der Waals surface area contributed by atoms with Crippen LogP contribution in [0.3, 0.4) is 0 Å². The molecule has 4 heterocycles. The van der Waals surface area contributed by atoms with Gasteiger partial charge in [-0.2, -0.15) is 0 Å². The van der Waals surface area contributed by atoms with Gasteiger partial charge in [0.25, 0.3) is 5.91 Å². The van der Waals surface area contributed by atoms with Gasteiger partial charge in [-0.05, 0) is 22.4 Å². The number of nitrogens with zero attached hydrogens (tertiary/aromatic N) is 6. The quantitative estimate of drug-likeness (QED) is 0.403. The van der Waals surface area contributed by atoms with E-state index in [1.54, 1.807) is 0 Å². The maximum atomic E-state index is 12.6. The Morgan fingerprint density at radius 3 is 2.75 bits per heavy atom. The van der Waals surface area contributed by atoms with Crippen LogP contribution < -0.4 is 5.73 Å². The number of aromatic nitrogens is 4. The number of β-lactam (4-membered cyclic amide) rings is 1. The summed E-state index contributed by atoms with van der Waals surface area (Å²) in [6.45, 7) is 1.62. The number of thioether (sulfide) groups is 1. The van der Waals surface area contributed by atoms with Gasteiger partial charge in [0.2, 0.25) is 17.0 Å². The van der Waals surface area contributed by atoms with Gasteiger partial charge in [0.15, 0.2) is 0 Å². The van der Waals surface area contributed by atoms with Gasteiger partial charge in [0.1, 0.15) is 18.3 Å². The predicted octanol–water partition coefficient (Wildman–Crippen LogP) is -1.95. The van der Waals surface area contributed by atoms with E-state index in [-0.39, 0.29) is 41.8 Å². The summed E-state index contributed by atoms with van der Waals surface area (Å²) >= 11 is 1.18. The number of aliphatic carboxylic acids is 1. The molecule has 1 unspecified atom stereocenters. The third-order valence-electron chi connectivity index (χ3n) is 5.30. The van der Waals surface area contributed by atoms with Gasteiger partial charge in [-0.1, -0.05) is 11.8 Å². The van der Waals surface area contributed by atoms with Gasteiger partial charge in [-0.15, -0.1) is 5.10 Å². The highest BCUT2D eigenvalue weighted by Gasteiger charge is 2.63.